The van der Waals surface area contributed by atoms with Crippen LogP contribution in [-0.2, 0) is 57.8 Å². The van der Waals surface area contributed by atoms with Crippen molar-refractivity contribution >= 4 is 0 Å². The Kier molecular flexibility index (Phi) is 14.8. The van der Waals surface area contributed by atoms with E-state index >= 15 is 0 Å². The van der Waals surface area contributed by atoms with Gasteiger partial charge in [0.1, 0.15) is 17.2 Å². The molecule has 0 heterocycles. The molecule has 3 heteroatoms. The highest BCUT2D eigenvalue weighted by molar-refractivity contribution is 5.55. The van der Waals surface area contributed by atoms with Crippen LogP contribution in [0.4, 0.5) is 0 Å². The highest BCUT2D eigenvalue weighted by atomic mass is 16.3. The van der Waals surface area contributed by atoms with E-state index in [9.17, 15) is 15.3 Å². The molecule has 0 fully saturated rings. The zero-order valence-corrected chi connectivity index (χ0v) is 40.7. The van der Waals surface area contributed by atoms with Gasteiger partial charge in [-0.2, -0.15) is 0 Å². The number of phenols is 3. The van der Waals surface area contributed by atoms with Gasteiger partial charge in [0.25, 0.3) is 0 Å². The summed E-state index contributed by atoms with van der Waals surface area (Å²) in [5, 5.41) is 35.9. The molecule has 0 atom stereocenters. The highest BCUT2D eigenvalue weighted by Gasteiger charge is 2.20. The first-order valence-corrected chi connectivity index (χ1v) is 25.2. The predicted molar refractivity (Wildman–Crippen MR) is 295 cm³/mol. The minimum atomic E-state index is 0.349. The van der Waals surface area contributed by atoms with Gasteiger partial charge >= 0.3 is 0 Å². The van der Waals surface area contributed by atoms with Gasteiger partial charge in [0.05, 0.1) is 0 Å². The Hall–Kier alpha value is -8.40. The fraction of sp³-hybridized carbons (Fsp3) is 0.130. The Balaban J connectivity index is 1.10. The maximum atomic E-state index is 12.0. The van der Waals surface area contributed by atoms with Crippen LogP contribution in [0.15, 0.2) is 237 Å². The number of rotatable bonds is 18. The minimum Gasteiger partial charge on any atom is -0.507 e. The fourth-order valence-electron chi connectivity index (χ4n) is 10.4. The first-order chi connectivity index (χ1) is 35.4. The molecule has 0 amide bonds. The second-order valence-electron chi connectivity index (χ2n) is 19.3. The number of hydrogen-bond acceptors (Lipinski definition) is 3. The second kappa shape index (κ2) is 22.6. The number of aromatic hydroxyl groups is 3. The maximum absolute atomic E-state index is 12.0. The largest absolute Gasteiger partial charge is 0.507 e. The Morgan fingerprint density at radius 2 is 0.375 bits per heavy atom. The zero-order valence-electron chi connectivity index (χ0n) is 40.7. The highest BCUT2D eigenvalue weighted by Crippen LogP contribution is 2.36. The van der Waals surface area contributed by atoms with Crippen LogP contribution in [0, 0.1) is 0 Å². The van der Waals surface area contributed by atoms with Crippen LogP contribution >= 0.6 is 0 Å². The van der Waals surface area contributed by atoms with E-state index in [1.54, 1.807) is 0 Å². The first kappa shape index (κ1) is 47.3. The molecular formula is C69H60O3. The average Bonchev–Trinajstić information content (AvgIpc) is 3.41. The molecule has 3 N–H and O–H groups in total. The molecule has 0 aromatic heterocycles. The van der Waals surface area contributed by atoms with Gasteiger partial charge in [0.2, 0.25) is 0 Å². The normalized spacial score (nSPS) is 11.2. The molecule has 354 valence electrons. The van der Waals surface area contributed by atoms with E-state index in [1.807, 2.05) is 36.4 Å². The monoisotopic (exact) mass is 936 g/mol. The summed E-state index contributed by atoms with van der Waals surface area (Å²) in [6.07, 6.45) is 5.67. The van der Waals surface area contributed by atoms with Crippen molar-refractivity contribution in [2.24, 2.45) is 0 Å². The third kappa shape index (κ3) is 11.9. The fourth-order valence-corrected chi connectivity index (χ4v) is 10.4. The van der Waals surface area contributed by atoms with Crippen molar-refractivity contribution in [3.63, 3.8) is 0 Å². The predicted octanol–water partition coefficient (Wildman–Crippen LogP) is 15.1. The van der Waals surface area contributed by atoms with E-state index in [-0.39, 0.29) is 0 Å². The summed E-state index contributed by atoms with van der Waals surface area (Å²) in [6, 6.07) is 82.4. The van der Waals surface area contributed by atoms with E-state index in [0.717, 1.165) is 83.5 Å². The molecule has 0 bridgehead atoms. The van der Waals surface area contributed by atoms with Crippen molar-refractivity contribution in [3.05, 3.63) is 337 Å². The van der Waals surface area contributed by atoms with Gasteiger partial charge in [-0.3, -0.25) is 0 Å². The van der Waals surface area contributed by atoms with E-state index in [1.165, 1.54) is 16.7 Å². The topological polar surface area (TPSA) is 60.7 Å². The van der Waals surface area contributed by atoms with E-state index < -0.39 is 0 Å². The van der Waals surface area contributed by atoms with E-state index in [2.05, 4.69) is 200 Å². The SMILES string of the molecule is Oc1c(Cc2ccccc2)cc(Cc2cccc(Cc3cc(Cc4ccccc4)c(O)c(Cc4ccccc4)c3)c2Cc2cc(Cc3ccccc3)c(O)c(Cc3ccccc3)c2)cc1Cc1ccccc1. The summed E-state index contributed by atoms with van der Waals surface area (Å²) in [5.41, 5.74) is 19.5. The summed E-state index contributed by atoms with van der Waals surface area (Å²) in [6.45, 7) is 0. The minimum absolute atomic E-state index is 0.349. The van der Waals surface area contributed by atoms with Crippen molar-refractivity contribution in [1.29, 1.82) is 0 Å². The van der Waals surface area contributed by atoms with Crippen LogP contribution in [0.25, 0.3) is 0 Å². The first-order valence-electron chi connectivity index (χ1n) is 25.2. The van der Waals surface area contributed by atoms with Gasteiger partial charge in [-0.1, -0.05) is 237 Å². The third-order valence-corrected chi connectivity index (χ3v) is 13.9. The van der Waals surface area contributed by atoms with Gasteiger partial charge in [-0.05, 0) is 119 Å². The summed E-state index contributed by atoms with van der Waals surface area (Å²) in [5.74, 6) is 1.06. The molecule has 72 heavy (non-hydrogen) atoms. The lowest BCUT2D eigenvalue weighted by atomic mass is 9.85. The van der Waals surface area contributed by atoms with Gasteiger partial charge in [0, 0.05) is 38.5 Å². The van der Waals surface area contributed by atoms with Crippen molar-refractivity contribution < 1.29 is 15.3 Å². The third-order valence-electron chi connectivity index (χ3n) is 13.9. The number of hydrogen-bond donors (Lipinski definition) is 3. The van der Waals surface area contributed by atoms with E-state index in [4.69, 9.17) is 0 Å². The van der Waals surface area contributed by atoms with E-state index in [0.29, 0.717) is 75.0 Å². The molecule has 0 aliphatic carbocycles. The van der Waals surface area contributed by atoms with Crippen molar-refractivity contribution in [3.8, 4) is 17.2 Å². The van der Waals surface area contributed by atoms with Gasteiger partial charge in [0.15, 0.2) is 0 Å². The summed E-state index contributed by atoms with van der Waals surface area (Å²) >= 11 is 0. The van der Waals surface area contributed by atoms with Crippen LogP contribution in [0.1, 0.15) is 100 Å². The van der Waals surface area contributed by atoms with Crippen LogP contribution < -0.4 is 0 Å². The Labute approximate surface area is 425 Å². The molecule has 0 aliphatic rings. The molecule has 0 radical (unpaired) electrons. The molecule has 0 unspecified atom stereocenters. The van der Waals surface area contributed by atoms with Crippen molar-refractivity contribution in [2.75, 3.05) is 0 Å². The average molecular weight is 937 g/mol. The van der Waals surface area contributed by atoms with Crippen molar-refractivity contribution in [1.82, 2.24) is 0 Å². The molecule has 10 rings (SSSR count). The van der Waals surface area contributed by atoms with Gasteiger partial charge in [-0.25, -0.2) is 0 Å². The second-order valence-corrected chi connectivity index (χ2v) is 19.3. The standard InChI is InChI=1S/C69H60O3/c70-67-60(34-49-20-7-1-8-21-49)42-55(43-61(67)35-50-22-9-2-10-23-50)40-58-32-19-33-59(41-56-44-62(36-51-24-11-3-12-25-51)68(71)63(45-56)37-52-26-13-4-14-27-52)66(58)48-57-46-64(38-53-28-15-5-16-29-53)69(72)65(47-57)39-54-30-17-6-18-31-54/h1-33,42-47,70-72H,34-41,48H2. The van der Waals surface area contributed by atoms with Crippen LogP contribution in [0.2, 0.25) is 0 Å². The molecule has 3 nitrogen and oxygen atoms in total. The zero-order chi connectivity index (χ0) is 49.1. The molecule has 0 aliphatic heterocycles. The lowest BCUT2D eigenvalue weighted by Gasteiger charge is -2.20. The summed E-state index contributed by atoms with van der Waals surface area (Å²) in [7, 11) is 0. The number of phenolic OH excluding ortho intramolecular Hbond substituents is 3. The van der Waals surface area contributed by atoms with Gasteiger partial charge < -0.3 is 15.3 Å². The smallest absolute Gasteiger partial charge is 0.122 e. The molecular weight excluding hydrogens is 877 g/mol. The Bertz CT molecular complexity index is 3020. The van der Waals surface area contributed by atoms with Crippen LogP contribution in [0.3, 0.4) is 0 Å². The quantitative estimate of drug-likeness (QED) is 0.0803. The molecule has 0 saturated heterocycles. The summed E-state index contributed by atoms with van der Waals surface area (Å²) < 4.78 is 0. The molecule has 10 aromatic rings. The van der Waals surface area contributed by atoms with Crippen LogP contribution in [-0.4, -0.2) is 15.3 Å². The van der Waals surface area contributed by atoms with Crippen LogP contribution in [0.5, 0.6) is 17.2 Å². The van der Waals surface area contributed by atoms with Crippen molar-refractivity contribution in [2.45, 2.75) is 57.8 Å². The molecule has 10 aromatic carbocycles. The Morgan fingerprint density at radius 3 is 0.597 bits per heavy atom. The Morgan fingerprint density at radius 1 is 0.181 bits per heavy atom. The lowest BCUT2D eigenvalue weighted by Crippen LogP contribution is -2.07. The molecule has 0 spiro atoms. The maximum Gasteiger partial charge on any atom is 0.122 e. The summed E-state index contributed by atoms with van der Waals surface area (Å²) in [4.78, 5) is 0. The number of benzene rings is 10. The lowest BCUT2D eigenvalue weighted by molar-refractivity contribution is 0.463. The van der Waals surface area contributed by atoms with Gasteiger partial charge in [-0.15, -0.1) is 0 Å². The molecule has 0 saturated carbocycles.